The summed E-state index contributed by atoms with van der Waals surface area (Å²) in [5.41, 5.74) is 0.731. The summed E-state index contributed by atoms with van der Waals surface area (Å²) in [4.78, 5) is 30.8. The van der Waals surface area contributed by atoms with Gasteiger partial charge in [-0.25, -0.2) is 0 Å². The lowest BCUT2D eigenvalue weighted by Gasteiger charge is -2.35. The quantitative estimate of drug-likeness (QED) is 0.658. The molecule has 31 heavy (non-hydrogen) atoms. The van der Waals surface area contributed by atoms with Gasteiger partial charge in [-0.2, -0.15) is 0 Å². The van der Waals surface area contributed by atoms with Gasteiger partial charge in [-0.1, -0.05) is 35.9 Å². The van der Waals surface area contributed by atoms with E-state index >= 15 is 0 Å². The number of fused-ring (bicyclic) bond motifs is 1. The zero-order chi connectivity index (χ0) is 21.6. The maximum absolute atomic E-state index is 12.7. The second-order valence-electron chi connectivity index (χ2n) is 7.55. The number of carbonyl (C=O) groups is 2. The van der Waals surface area contributed by atoms with Crippen LogP contribution in [0.5, 0.6) is 11.5 Å². The molecule has 0 spiro atoms. The predicted molar refractivity (Wildman–Crippen MR) is 119 cm³/mol. The Labute approximate surface area is 187 Å². The van der Waals surface area contributed by atoms with E-state index in [-0.39, 0.29) is 18.4 Å². The van der Waals surface area contributed by atoms with Gasteiger partial charge in [-0.15, -0.1) is 0 Å². The zero-order valence-corrected chi connectivity index (χ0v) is 18.1. The Morgan fingerprint density at radius 3 is 2.55 bits per heavy atom. The van der Waals surface area contributed by atoms with Gasteiger partial charge < -0.3 is 19.3 Å². The molecule has 0 radical (unpaired) electrons. The number of hydrogen-bond donors (Lipinski definition) is 0. The standard InChI is InChI=1S/C23H26ClN3O4/c24-18-5-1-3-7-20(18)30-16-15-25-11-13-26(14-12-25)22(28)9-10-27-19-6-2-4-8-21(19)31-17-23(27)29/h1-8H,9-17H2. The number of hydrogen-bond acceptors (Lipinski definition) is 5. The van der Waals surface area contributed by atoms with Gasteiger partial charge >= 0.3 is 0 Å². The van der Waals surface area contributed by atoms with Crippen molar-refractivity contribution in [3.63, 3.8) is 0 Å². The van der Waals surface area contributed by atoms with Crippen LogP contribution in [0.15, 0.2) is 48.5 Å². The average Bonchev–Trinajstić information content (AvgIpc) is 2.80. The Balaban J connectivity index is 1.20. The van der Waals surface area contributed by atoms with Crippen molar-refractivity contribution in [1.29, 1.82) is 0 Å². The lowest BCUT2D eigenvalue weighted by molar-refractivity contribution is -0.132. The minimum Gasteiger partial charge on any atom is -0.491 e. The molecule has 2 heterocycles. The van der Waals surface area contributed by atoms with Crippen LogP contribution < -0.4 is 14.4 Å². The maximum Gasteiger partial charge on any atom is 0.265 e. The molecular weight excluding hydrogens is 418 g/mol. The fourth-order valence-electron chi connectivity index (χ4n) is 3.83. The monoisotopic (exact) mass is 443 g/mol. The van der Waals surface area contributed by atoms with Crippen LogP contribution in [0.25, 0.3) is 0 Å². The molecule has 2 aromatic rings. The SMILES string of the molecule is O=C(CCN1C(=O)COc2ccccc21)N1CCN(CCOc2ccccc2Cl)CC1. The van der Waals surface area contributed by atoms with Crippen molar-refractivity contribution in [1.82, 2.24) is 9.80 Å². The summed E-state index contributed by atoms with van der Waals surface area (Å²) >= 11 is 6.11. The molecule has 7 nitrogen and oxygen atoms in total. The van der Waals surface area contributed by atoms with Crippen molar-refractivity contribution in [2.24, 2.45) is 0 Å². The van der Waals surface area contributed by atoms with Crippen LogP contribution in [-0.2, 0) is 9.59 Å². The summed E-state index contributed by atoms with van der Waals surface area (Å²) < 4.78 is 11.2. The summed E-state index contributed by atoms with van der Waals surface area (Å²) in [6.07, 6.45) is 0.301. The summed E-state index contributed by atoms with van der Waals surface area (Å²) in [5, 5.41) is 0.610. The Morgan fingerprint density at radius 1 is 1.00 bits per heavy atom. The minimum atomic E-state index is -0.116. The third-order valence-electron chi connectivity index (χ3n) is 5.58. The van der Waals surface area contributed by atoms with Crippen LogP contribution in [0.4, 0.5) is 5.69 Å². The predicted octanol–water partition coefficient (Wildman–Crippen LogP) is 2.68. The number of para-hydroxylation sites is 3. The van der Waals surface area contributed by atoms with Gasteiger partial charge in [-0.05, 0) is 24.3 Å². The number of piperazine rings is 1. The lowest BCUT2D eigenvalue weighted by Crippen LogP contribution is -2.50. The van der Waals surface area contributed by atoms with Gasteiger partial charge in [0.2, 0.25) is 5.91 Å². The summed E-state index contributed by atoms with van der Waals surface area (Å²) in [6.45, 7) is 4.68. The fraction of sp³-hybridized carbons (Fsp3) is 0.391. The number of carbonyl (C=O) groups excluding carboxylic acids is 2. The largest absolute Gasteiger partial charge is 0.491 e. The van der Waals surface area contributed by atoms with E-state index in [1.54, 1.807) is 4.90 Å². The molecule has 1 saturated heterocycles. The van der Waals surface area contributed by atoms with Crippen LogP contribution in [0.1, 0.15) is 6.42 Å². The molecule has 0 aliphatic carbocycles. The van der Waals surface area contributed by atoms with Crippen LogP contribution in [0, 0.1) is 0 Å². The first-order chi connectivity index (χ1) is 15.1. The maximum atomic E-state index is 12.7. The van der Waals surface area contributed by atoms with E-state index < -0.39 is 0 Å². The van der Waals surface area contributed by atoms with Crippen LogP contribution in [0.3, 0.4) is 0 Å². The Bertz CT molecular complexity index is 931. The van der Waals surface area contributed by atoms with Gasteiger partial charge in [0.05, 0.1) is 10.7 Å². The molecule has 0 bridgehead atoms. The van der Waals surface area contributed by atoms with Crippen molar-refractivity contribution in [3.05, 3.63) is 53.6 Å². The topological polar surface area (TPSA) is 62.3 Å². The smallest absolute Gasteiger partial charge is 0.265 e. The van der Waals surface area contributed by atoms with Gasteiger partial charge in [0.1, 0.15) is 18.1 Å². The molecule has 4 rings (SSSR count). The van der Waals surface area contributed by atoms with E-state index in [2.05, 4.69) is 4.90 Å². The van der Waals surface area contributed by atoms with Crippen molar-refractivity contribution in [2.75, 3.05) is 57.4 Å². The number of anilines is 1. The number of benzene rings is 2. The molecule has 2 aliphatic heterocycles. The highest BCUT2D eigenvalue weighted by Crippen LogP contribution is 2.31. The molecule has 2 aliphatic rings. The summed E-state index contributed by atoms with van der Waals surface area (Å²) in [5.74, 6) is 1.33. The Kier molecular flexibility index (Phi) is 6.94. The van der Waals surface area contributed by atoms with Crippen molar-refractivity contribution < 1.29 is 19.1 Å². The minimum absolute atomic E-state index is 0.0140. The van der Waals surface area contributed by atoms with Crippen molar-refractivity contribution >= 4 is 29.1 Å². The van der Waals surface area contributed by atoms with Gasteiger partial charge in [0.25, 0.3) is 5.91 Å². The van der Waals surface area contributed by atoms with Crippen LogP contribution >= 0.6 is 11.6 Å². The van der Waals surface area contributed by atoms with Gasteiger partial charge in [0.15, 0.2) is 6.61 Å². The molecule has 2 aromatic carbocycles. The van der Waals surface area contributed by atoms with Crippen molar-refractivity contribution in [3.8, 4) is 11.5 Å². The zero-order valence-electron chi connectivity index (χ0n) is 17.3. The second kappa shape index (κ2) is 10.0. The first kappa shape index (κ1) is 21.5. The third-order valence-corrected chi connectivity index (χ3v) is 5.90. The molecule has 2 amide bonds. The molecule has 0 N–H and O–H groups in total. The van der Waals surface area contributed by atoms with E-state index in [1.807, 2.05) is 53.4 Å². The Hall–Kier alpha value is -2.77. The summed E-state index contributed by atoms with van der Waals surface area (Å²) in [6, 6.07) is 14.9. The molecule has 0 saturated carbocycles. The van der Waals surface area contributed by atoms with E-state index in [0.29, 0.717) is 49.2 Å². The molecule has 0 aromatic heterocycles. The van der Waals surface area contributed by atoms with Crippen LogP contribution in [0.2, 0.25) is 5.02 Å². The van der Waals surface area contributed by atoms with Crippen LogP contribution in [-0.4, -0.2) is 74.1 Å². The number of ether oxygens (including phenoxy) is 2. The first-order valence-electron chi connectivity index (χ1n) is 10.5. The average molecular weight is 444 g/mol. The number of amides is 2. The Morgan fingerprint density at radius 2 is 1.74 bits per heavy atom. The molecule has 0 atom stereocenters. The van der Waals surface area contributed by atoms with E-state index in [4.69, 9.17) is 21.1 Å². The highest BCUT2D eigenvalue weighted by molar-refractivity contribution is 6.32. The normalized spacial score (nSPS) is 16.6. The highest BCUT2D eigenvalue weighted by atomic mass is 35.5. The fourth-order valence-corrected chi connectivity index (χ4v) is 4.02. The number of halogens is 1. The molecule has 0 unspecified atom stereocenters. The molecule has 8 heteroatoms. The molecule has 164 valence electrons. The van der Waals surface area contributed by atoms with Gasteiger partial charge in [0, 0.05) is 45.7 Å². The number of nitrogens with zero attached hydrogens (tertiary/aromatic N) is 3. The van der Waals surface area contributed by atoms with Crippen molar-refractivity contribution in [2.45, 2.75) is 6.42 Å². The van der Waals surface area contributed by atoms with E-state index in [0.717, 1.165) is 25.3 Å². The van der Waals surface area contributed by atoms with E-state index in [9.17, 15) is 9.59 Å². The molecular formula is C23H26ClN3O4. The molecule has 1 fully saturated rings. The lowest BCUT2D eigenvalue weighted by atomic mass is 10.2. The summed E-state index contributed by atoms with van der Waals surface area (Å²) in [7, 11) is 0. The number of rotatable bonds is 7. The highest BCUT2D eigenvalue weighted by Gasteiger charge is 2.27. The first-order valence-corrected chi connectivity index (χ1v) is 10.9. The third kappa shape index (κ3) is 5.29. The second-order valence-corrected chi connectivity index (χ2v) is 7.96. The van der Waals surface area contributed by atoms with E-state index in [1.165, 1.54) is 0 Å². The van der Waals surface area contributed by atoms with Gasteiger partial charge in [-0.3, -0.25) is 14.5 Å².